The molecule has 0 aromatic rings. The summed E-state index contributed by atoms with van der Waals surface area (Å²) in [6.45, 7) is 11.3. The van der Waals surface area contributed by atoms with Gasteiger partial charge in [-0.1, -0.05) is 41.5 Å². The summed E-state index contributed by atoms with van der Waals surface area (Å²) in [5, 5.41) is 11.4. The summed E-state index contributed by atoms with van der Waals surface area (Å²) in [5.74, 6) is 1.58. The van der Waals surface area contributed by atoms with Crippen LogP contribution in [0, 0.1) is 21.6 Å². The first-order chi connectivity index (χ1) is 21.4. The van der Waals surface area contributed by atoms with E-state index in [1.807, 2.05) is 18.7 Å². The number of halogens is 1. The lowest BCUT2D eigenvalue weighted by molar-refractivity contribution is -0.151. The number of nitrogens with one attached hydrogen (secondary N) is 3. The van der Waals surface area contributed by atoms with E-state index in [1.165, 1.54) is 9.80 Å². The van der Waals surface area contributed by atoms with Gasteiger partial charge in [0, 0.05) is 34.7 Å². The van der Waals surface area contributed by atoms with Gasteiger partial charge in [0.15, 0.2) is 0 Å². The zero-order chi connectivity index (χ0) is 37.6. The zero-order valence-corrected chi connectivity index (χ0v) is 30.3. The van der Waals surface area contributed by atoms with E-state index >= 15 is 0 Å². The average molecular weight is 731 g/mol. The molecule has 3 amide bonds. The second-order valence-corrected chi connectivity index (χ2v) is 15.9. The van der Waals surface area contributed by atoms with Gasteiger partial charge in [-0.05, 0) is 50.1 Å². The van der Waals surface area contributed by atoms with Crippen molar-refractivity contribution in [1.82, 2.24) is 24.9 Å². The molecule has 2 atom stereocenters. The molecule has 2 rings (SSSR count). The molecule has 2 fully saturated rings. The molecule has 21 heteroatoms. The normalized spacial score (nSPS) is 17.9. The number of carbonyl (C=O) groups excluding carboxylic acids is 6. The van der Waals surface area contributed by atoms with Crippen LogP contribution in [0.25, 0.3) is 0 Å². The van der Waals surface area contributed by atoms with Crippen LogP contribution in [0.3, 0.4) is 0 Å². The highest BCUT2D eigenvalue weighted by atomic mass is 35.5. The van der Waals surface area contributed by atoms with Crippen LogP contribution in [0.4, 0.5) is 0 Å². The number of Topliss-reactive ketones (excluding diaryl/α,β-unsaturated/α-hetero) is 2. The number of rotatable bonds is 11. The molecule has 0 unspecified atom stereocenters. The van der Waals surface area contributed by atoms with E-state index in [0.29, 0.717) is 51.6 Å². The minimum Gasteiger partial charge on any atom is -0.325 e. The van der Waals surface area contributed by atoms with E-state index in [2.05, 4.69) is 11.3 Å². The predicted molar refractivity (Wildman–Crippen MR) is 170 cm³/mol. The van der Waals surface area contributed by atoms with Gasteiger partial charge in [0.25, 0.3) is 17.7 Å². The first kappa shape index (κ1) is 46.0. The largest absolute Gasteiger partial charge is 0.325 e. The highest BCUT2D eigenvalue weighted by Crippen LogP contribution is 2.27. The maximum Gasteiger partial charge on any atom is 0.291 e. The van der Waals surface area contributed by atoms with Crippen molar-refractivity contribution in [3.8, 4) is 0 Å². The molecule has 2 aliphatic rings. The van der Waals surface area contributed by atoms with Gasteiger partial charge in [0.05, 0.1) is 12.5 Å². The van der Waals surface area contributed by atoms with E-state index < -0.39 is 77.5 Å². The first-order valence-corrected chi connectivity index (χ1v) is 18.6. The van der Waals surface area contributed by atoms with E-state index in [1.54, 1.807) is 32.5 Å². The lowest BCUT2D eigenvalue weighted by Crippen LogP contribution is -2.53. The van der Waals surface area contributed by atoms with Crippen molar-refractivity contribution >= 4 is 66.2 Å². The average Bonchev–Trinajstić information content (AvgIpc) is 3.70. The molecule has 0 aromatic carbocycles. The zero-order valence-electron chi connectivity index (χ0n) is 28.0. The Morgan fingerprint density at radius 1 is 0.766 bits per heavy atom. The van der Waals surface area contributed by atoms with E-state index in [9.17, 15) is 45.6 Å². The summed E-state index contributed by atoms with van der Waals surface area (Å²) in [6, 6.07) is -1.46. The van der Waals surface area contributed by atoms with Gasteiger partial charge in [-0.2, -0.15) is 4.83 Å². The maximum absolute atomic E-state index is 12.3. The van der Waals surface area contributed by atoms with Crippen molar-refractivity contribution in [1.29, 1.82) is 10.8 Å². The van der Waals surface area contributed by atoms with Crippen molar-refractivity contribution in [2.24, 2.45) is 16.7 Å². The minimum absolute atomic E-state index is 0.307. The third-order valence-electron chi connectivity index (χ3n) is 7.55. The standard InChI is InChI=1S/C13H23N3O5S.C12H18ClNO3.CH6N2O2S.N2/c1-5-13(2,3)10(17)12(19)16-8-6-7-9(16)11(18)14-15-22(4,20)21;1-4-12(2,3)9(15)11(17)14-7-5-6-8(14)10(13)16;1-6(4,5)3-2;1-2/h9,15H,5-8H2,1-4H3,(H,14,18);8H,4-7H2,1-3H3;3H,2H2,1H3;/t9-;8-;;/m00../s1. The number of likely N-dealkylation sites (tertiary alicyclic amines) is 2. The van der Waals surface area contributed by atoms with Crippen molar-refractivity contribution in [3.05, 3.63) is 0 Å². The van der Waals surface area contributed by atoms with Gasteiger partial charge in [-0.15, -0.1) is 4.83 Å². The van der Waals surface area contributed by atoms with Crippen LogP contribution in [0.5, 0.6) is 0 Å². The highest BCUT2D eigenvalue weighted by Gasteiger charge is 2.42. The number of nitrogens with two attached hydrogens (primary N) is 1. The fourth-order valence-electron chi connectivity index (χ4n) is 3.92. The summed E-state index contributed by atoms with van der Waals surface area (Å²) >= 11 is 5.43. The number of ketones is 2. The smallest absolute Gasteiger partial charge is 0.291 e. The molecule has 0 aromatic heterocycles. The fourth-order valence-corrected chi connectivity index (χ4v) is 4.43. The Bertz CT molecular complexity index is 1380. The monoisotopic (exact) mass is 730 g/mol. The van der Waals surface area contributed by atoms with Gasteiger partial charge >= 0.3 is 0 Å². The summed E-state index contributed by atoms with van der Waals surface area (Å²) in [7, 11) is -6.72. The SMILES string of the molecule is CCC(C)(C)C(=O)C(=O)N1CCC[C@H]1C(=O)Cl.CCC(C)(C)C(=O)C(=O)N1CCC[C@H]1C(=O)NNS(C)(=O)=O.CS(=O)(=O)NN.N#N. The lowest BCUT2D eigenvalue weighted by Gasteiger charge is -2.27. The van der Waals surface area contributed by atoms with Crippen LogP contribution in [-0.4, -0.2) is 98.9 Å². The Morgan fingerprint density at radius 3 is 1.40 bits per heavy atom. The molecule has 0 aliphatic carbocycles. The van der Waals surface area contributed by atoms with Crippen LogP contribution in [0.15, 0.2) is 0 Å². The Labute approximate surface area is 281 Å². The van der Waals surface area contributed by atoms with E-state index in [-0.39, 0.29) is 0 Å². The number of hydrazine groups is 2. The molecule has 18 nitrogen and oxygen atoms in total. The third kappa shape index (κ3) is 15.6. The van der Waals surface area contributed by atoms with Crippen LogP contribution < -0.4 is 20.9 Å². The number of nitrogens with zero attached hydrogens (tertiary/aromatic N) is 4. The second kappa shape index (κ2) is 19.7. The van der Waals surface area contributed by atoms with Crippen LogP contribution >= 0.6 is 11.6 Å². The Hall–Kier alpha value is -3.09. The maximum atomic E-state index is 12.3. The quantitative estimate of drug-likeness (QED) is 0.0702. The Kier molecular flexibility index (Phi) is 19.3. The molecule has 2 heterocycles. The molecule has 0 spiro atoms. The molecule has 5 N–H and O–H groups in total. The van der Waals surface area contributed by atoms with E-state index in [4.69, 9.17) is 22.4 Å². The number of hydrogen-bond acceptors (Lipinski definition) is 13. The van der Waals surface area contributed by atoms with Crippen LogP contribution in [0.2, 0.25) is 0 Å². The molecular formula is C26H47ClN8O10S2. The van der Waals surface area contributed by atoms with Crippen molar-refractivity contribution < 1.29 is 45.6 Å². The summed E-state index contributed by atoms with van der Waals surface area (Å²) in [4.78, 5) is 77.8. The predicted octanol–water partition coefficient (Wildman–Crippen LogP) is -0.249. The Morgan fingerprint density at radius 2 is 1.11 bits per heavy atom. The molecule has 47 heavy (non-hydrogen) atoms. The molecule has 0 saturated carbocycles. The van der Waals surface area contributed by atoms with Crippen molar-refractivity contribution in [2.45, 2.75) is 92.2 Å². The molecule has 2 aliphatic heterocycles. The van der Waals surface area contributed by atoms with Gasteiger partial charge in [0.2, 0.25) is 36.9 Å². The molecule has 0 bridgehead atoms. The number of hydrogen-bond donors (Lipinski definition) is 4. The van der Waals surface area contributed by atoms with Crippen LogP contribution in [-0.2, 0) is 48.8 Å². The summed E-state index contributed by atoms with van der Waals surface area (Å²) < 4.78 is 41.5. The van der Waals surface area contributed by atoms with Crippen molar-refractivity contribution in [3.63, 3.8) is 0 Å². The third-order valence-corrected chi connectivity index (χ3v) is 8.70. The first-order valence-electron chi connectivity index (χ1n) is 14.4. The molecule has 270 valence electrons. The van der Waals surface area contributed by atoms with Gasteiger partial charge < -0.3 is 9.80 Å². The number of amides is 3. The molecular weight excluding hydrogens is 684 g/mol. The second-order valence-electron chi connectivity index (χ2n) is 12.0. The highest BCUT2D eigenvalue weighted by molar-refractivity contribution is 7.88. The molecule has 0 radical (unpaired) electrons. The lowest BCUT2D eigenvalue weighted by atomic mass is 9.84. The topological polar surface area (TPSA) is 287 Å². The fraction of sp³-hybridized carbons (Fsp3) is 0.769. The van der Waals surface area contributed by atoms with Gasteiger partial charge in [-0.3, -0.25) is 40.0 Å². The van der Waals surface area contributed by atoms with Crippen molar-refractivity contribution in [2.75, 3.05) is 25.6 Å². The van der Waals surface area contributed by atoms with Crippen LogP contribution in [0.1, 0.15) is 80.1 Å². The number of carbonyl (C=O) groups is 6. The van der Waals surface area contributed by atoms with Gasteiger partial charge in [0.1, 0.15) is 12.1 Å². The molecule has 2 saturated heterocycles. The van der Waals surface area contributed by atoms with E-state index in [0.717, 1.165) is 12.5 Å². The minimum atomic E-state index is -3.58. The van der Waals surface area contributed by atoms with Gasteiger partial charge in [-0.25, -0.2) is 16.8 Å². The summed E-state index contributed by atoms with van der Waals surface area (Å²) in [6.07, 6.45) is 5.22. The summed E-state index contributed by atoms with van der Waals surface area (Å²) in [5.41, 5.74) is 0.592. The Balaban J connectivity index is 0. The number of sulfonamides is 2.